The van der Waals surface area contributed by atoms with Crippen molar-refractivity contribution in [2.75, 3.05) is 0 Å². The Bertz CT molecular complexity index is 1480. The summed E-state index contributed by atoms with van der Waals surface area (Å²) in [5.41, 5.74) is 4.92. The van der Waals surface area contributed by atoms with Gasteiger partial charge in [0.2, 0.25) is 0 Å². The van der Waals surface area contributed by atoms with Gasteiger partial charge < -0.3 is 0 Å². The Hall–Kier alpha value is -3.66. The average molecular weight is 433 g/mol. The summed E-state index contributed by atoms with van der Waals surface area (Å²) in [6, 6.07) is 7.86. The van der Waals surface area contributed by atoms with Gasteiger partial charge in [0, 0.05) is 10.4 Å². The molecular weight excluding hydrogens is 414 g/mol. The van der Waals surface area contributed by atoms with E-state index >= 15 is 0 Å². The van der Waals surface area contributed by atoms with Crippen LogP contribution in [-0.2, 0) is 6.54 Å². The van der Waals surface area contributed by atoms with E-state index < -0.39 is 0 Å². The number of aromatic nitrogens is 6. The van der Waals surface area contributed by atoms with Crippen LogP contribution < -0.4 is 0 Å². The van der Waals surface area contributed by atoms with Gasteiger partial charge in [0.05, 0.1) is 16.9 Å². The third-order valence-electron chi connectivity index (χ3n) is 5.58. The van der Waals surface area contributed by atoms with E-state index in [9.17, 15) is 10.1 Å². The summed E-state index contributed by atoms with van der Waals surface area (Å²) in [5, 5.41) is 21.2. The van der Waals surface area contributed by atoms with Gasteiger partial charge in [0.25, 0.3) is 0 Å². The van der Waals surface area contributed by atoms with Gasteiger partial charge in [-0.2, -0.15) is 5.10 Å². The van der Waals surface area contributed by atoms with Crippen molar-refractivity contribution in [1.82, 2.24) is 29.4 Å². The topological polar surface area (TPSA) is 104 Å². The lowest BCUT2D eigenvalue weighted by Gasteiger charge is -2.04. The number of fused-ring (bicyclic) bond motifs is 3. The minimum atomic E-state index is -0.380. The first-order valence-corrected chi connectivity index (χ1v) is 10.5. The molecule has 5 aromatic rings. The number of thiophene rings is 1. The number of nitrogens with zero attached hydrogens (tertiary/aromatic N) is 7. The second-order valence-electron chi connectivity index (χ2n) is 7.54. The Labute approximate surface area is 181 Å². The van der Waals surface area contributed by atoms with Crippen LogP contribution in [0.5, 0.6) is 0 Å². The Morgan fingerprint density at radius 2 is 1.84 bits per heavy atom. The predicted octanol–water partition coefficient (Wildman–Crippen LogP) is 4.39. The lowest BCUT2D eigenvalue weighted by atomic mass is 10.1. The monoisotopic (exact) mass is 433 g/mol. The molecule has 0 aliphatic carbocycles. The maximum atomic E-state index is 11.2. The molecule has 0 atom stereocenters. The number of hydrogen-bond donors (Lipinski definition) is 0. The zero-order valence-corrected chi connectivity index (χ0v) is 18.3. The van der Waals surface area contributed by atoms with Crippen LogP contribution in [0.25, 0.3) is 27.3 Å². The summed E-state index contributed by atoms with van der Waals surface area (Å²) in [6.07, 6.45) is 1.70. The molecule has 0 fully saturated rings. The molecule has 0 spiro atoms. The standard InChI is InChI=1S/C21H19N7O2S/c1-11-14(4)31-21-17(11)20-23-19(25-27(20)10-22-21)16-7-5-15(6-8-16)9-26-13(3)18(28(29)30)12(2)24-26/h5-8,10H,9H2,1-4H3. The minimum absolute atomic E-state index is 0.0735. The molecule has 4 heterocycles. The van der Waals surface area contributed by atoms with E-state index in [0.29, 0.717) is 23.8 Å². The van der Waals surface area contributed by atoms with Crippen molar-refractivity contribution in [2.24, 2.45) is 0 Å². The van der Waals surface area contributed by atoms with Crippen LogP contribution in [0.4, 0.5) is 5.69 Å². The zero-order valence-electron chi connectivity index (χ0n) is 17.4. The van der Waals surface area contributed by atoms with Crippen LogP contribution in [0.3, 0.4) is 0 Å². The molecule has 9 nitrogen and oxygen atoms in total. The fourth-order valence-corrected chi connectivity index (χ4v) is 4.80. The van der Waals surface area contributed by atoms with Crippen molar-refractivity contribution in [1.29, 1.82) is 0 Å². The van der Waals surface area contributed by atoms with E-state index in [-0.39, 0.29) is 10.6 Å². The third kappa shape index (κ3) is 3.07. The highest BCUT2D eigenvalue weighted by Crippen LogP contribution is 2.31. The molecule has 4 aromatic heterocycles. The first kappa shape index (κ1) is 19.3. The summed E-state index contributed by atoms with van der Waals surface area (Å²) in [4.78, 5) is 22.3. The van der Waals surface area contributed by atoms with Crippen LogP contribution >= 0.6 is 11.3 Å². The number of benzene rings is 1. The smallest absolute Gasteiger partial charge is 0.258 e. The van der Waals surface area contributed by atoms with Crippen LogP contribution in [0, 0.1) is 37.8 Å². The Balaban J connectivity index is 1.48. The van der Waals surface area contributed by atoms with Gasteiger partial charge in [0.15, 0.2) is 11.5 Å². The van der Waals surface area contributed by atoms with Crippen molar-refractivity contribution in [3.63, 3.8) is 0 Å². The molecular formula is C21H19N7O2S. The molecule has 0 saturated heterocycles. The maximum absolute atomic E-state index is 11.2. The summed E-state index contributed by atoms with van der Waals surface area (Å²) in [7, 11) is 0. The fraction of sp³-hybridized carbons (Fsp3) is 0.238. The maximum Gasteiger partial charge on any atom is 0.312 e. The largest absolute Gasteiger partial charge is 0.312 e. The minimum Gasteiger partial charge on any atom is -0.258 e. The second-order valence-corrected chi connectivity index (χ2v) is 8.75. The molecule has 10 heteroatoms. The molecule has 0 aliphatic heterocycles. The Morgan fingerprint density at radius 1 is 1.10 bits per heavy atom. The van der Waals surface area contributed by atoms with Gasteiger partial charge in [-0.1, -0.05) is 24.3 Å². The van der Waals surface area contributed by atoms with Crippen LogP contribution in [-0.4, -0.2) is 34.3 Å². The fourth-order valence-electron chi connectivity index (χ4n) is 3.80. The van der Waals surface area contributed by atoms with Gasteiger partial charge in [-0.15, -0.1) is 16.4 Å². The summed E-state index contributed by atoms with van der Waals surface area (Å²) < 4.78 is 3.38. The molecule has 156 valence electrons. The number of rotatable bonds is 4. The number of aryl methyl sites for hydroxylation is 3. The van der Waals surface area contributed by atoms with E-state index in [1.807, 2.05) is 24.3 Å². The van der Waals surface area contributed by atoms with E-state index in [2.05, 4.69) is 29.0 Å². The normalized spacial score (nSPS) is 11.6. The van der Waals surface area contributed by atoms with Gasteiger partial charge in [0.1, 0.15) is 22.5 Å². The highest BCUT2D eigenvalue weighted by molar-refractivity contribution is 7.18. The first-order valence-electron chi connectivity index (χ1n) is 9.72. The van der Waals surface area contributed by atoms with Gasteiger partial charge in [-0.3, -0.25) is 14.8 Å². The van der Waals surface area contributed by atoms with Crippen molar-refractivity contribution in [3.05, 3.63) is 68.1 Å². The number of hydrogen-bond acceptors (Lipinski definition) is 7. The van der Waals surface area contributed by atoms with E-state index in [1.54, 1.807) is 40.7 Å². The van der Waals surface area contributed by atoms with Gasteiger partial charge >= 0.3 is 5.69 Å². The molecule has 5 rings (SSSR count). The van der Waals surface area contributed by atoms with E-state index in [0.717, 1.165) is 27.0 Å². The van der Waals surface area contributed by atoms with Crippen LogP contribution in [0.2, 0.25) is 0 Å². The predicted molar refractivity (Wildman–Crippen MR) is 119 cm³/mol. The first-order chi connectivity index (χ1) is 14.8. The van der Waals surface area contributed by atoms with Gasteiger partial charge in [-0.25, -0.2) is 14.5 Å². The van der Waals surface area contributed by atoms with E-state index in [4.69, 9.17) is 4.98 Å². The van der Waals surface area contributed by atoms with Crippen LogP contribution in [0.15, 0.2) is 30.6 Å². The highest BCUT2D eigenvalue weighted by Gasteiger charge is 2.21. The molecule has 0 N–H and O–H groups in total. The molecule has 0 amide bonds. The zero-order chi connectivity index (χ0) is 21.9. The van der Waals surface area contributed by atoms with Gasteiger partial charge in [-0.05, 0) is 38.8 Å². The molecule has 0 saturated carbocycles. The van der Waals surface area contributed by atoms with Crippen molar-refractivity contribution in [3.8, 4) is 11.4 Å². The summed E-state index contributed by atoms with van der Waals surface area (Å²) >= 11 is 1.66. The van der Waals surface area contributed by atoms with Crippen molar-refractivity contribution >= 4 is 32.9 Å². The number of nitro groups is 1. The molecule has 0 unspecified atom stereocenters. The quantitative estimate of drug-likeness (QED) is 0.307. The Morgan fingerprint density at radius 3 is 2.52 bits per heavy atom. The molecule has 0 aliphatic rings. The molecule has 0 bridgehead atoms. The molecule has 0 radical (unpaired) electrons. The lowest BCUT2D eigenvalue weighted by molar-refractivity contribution is -0.386. The molecule has 1 aromatic carbocycles. The van der Waals surface area contributed by atoms with Crippen molar-refractivity contribution in [2.45, 2.75) is 34.2 Å². The van der Waals surface area contributed by atoms with Crippen molar-refractivity contribution < 1.29 is 4.92 Å². The summed E-state index contributed by atoms with van der Waals surface area (Å²) in [6.45, 7) is 8.00. The lowest BCUT2D eigenvalue weighted by Crippen LogP contribution is -2.04. The second kappa shape index (κ2) is 6.95. The molecule has 31 heavy (non-hydrogen) atoms. The van der Waals surface area contributed by atoms with Crippen LogP contribution in [0.1, 0.15) is 27.4 Å². The SMILES string of the molecule is Cc1nn(Cc2ccc(-c3nc4c5c(C)c(C)sc5ncn4n3)cc2)c(C)c1[N+](=O)[O-]. The third-order valence-corrected chi connectivity index (χ3v) is 6.69. The Kier molecular flexibility index (Phi) is 4.33. The van der Waals surface area contributed by atoms with E-state index in [1.165, 1.54) is 10.4 Å². The average Bonchev–Trinajstić information content (AvgIpc) is 3.37. The highest BCUT2D eigenvalue weighted by atomic mass is 32.1. The summed E-state index contributed by atoms with van der Waals surface area (Å²) in [5.74, 6) is 0.630.